The average molecular weight is 333 g/mol. The van der Waals surface area contributed by atoms with Crippen molar-refractivity contribution in [2.45, 2.75) is 83.6 Å². The largest absolute Gasteiger partial charge is 0.416 e. The number of ketones is 1. The van der Waals surface area contributed by atoms with Crippen molar-refractivity contribution in [3.05, 3.63) is 0 Å². The highest BCUT2D eigenvalue weighted by Gasteiger charge is 2.38. The van der Waals surface area contributed by atoms with Crippen LogP contribution in [0.5, 0.6) is 0 Å². The molecule has 0 aromatic heterocycles. The Balaban J connectivity index is 2.32. The number of hydrogen-bond donors (Lipinski definition) is 1. The Bertz CT molecular complexity index is 386. The summed E-state index contributed by atoms with van der Waals surface area (Å²) < 4.78 is 17.0. The van der Waals surface area contributed by atoms with Crippen LogP contribution >= 0.6 is 0 Å². The van der Waals surface area contributed by atoms with Crippen molar-refractivity contribution in [3.63, 3.8) is 0 Å². The van der Waals surface area contributed by atoms with E-state index in [2.05, 4.69) is 33.9 Å². The second-order valence-electron chi connectivity index (χ2n) is 8.04. The SMILES string of the molecule is CC1(C)OC[C@@H](C(O)CC(=O)CCO[Si](C)(C)C(C)(C)C)O1. The van der Waals surface area contributed by atoms with Crippen molar-refractivity contribution < 1.29 is 23.8 Å². The lowest BCUT2D eigenvalue weighted by atomic mass is 10.1. The van der Waals surface area contributed by atoms with Crippen molar-refractivity contribution in [2.75, 3.05) is 13.2 Å². The van der Waals surface area contributed by atoms with Gasteiger partial charge in [0.1, 0.15) is 11.9 Å². The van der Waals surface area contributed by atoms with Gasteiger partial charge in [-0.1, -0.05) is 20.8 Å². The van der Waals surface area contributed by atoms with Gasteiger partial charge in [0.15, 0.2) is 14.1 Å². The van der Waals surface area contributed by atoms with E-state index < -0.39 is 26.3 Å². The molecule has 0 aliphatic carbocycles. The van der Waals surface area contributed by atoms with Crippen molar-refractivity contribution in [3.8, 4) is 0 Å². The Morgan fingerprint density at radius 3 is 2.45 bits per heavy atom. The molecular formula is C16H32O5Si. The summed E-state index contributed by atoms with van der Waals surface area (Å²) in [6, 6.07) is 0. The maximum Gasteiger partial charge on any atom is 0.191 e. The zero-order valence-corrected chi connectivity index (χ0v) is 16.1. The Kier molecular flexibility index (Phi) is 6.37. The minimum atomic E-state index is -1.82. The zero-order valence-electron chi connectivity index (χ0n) is 15.1. The Morgan fingerprint density at radius 2 is 2.00 bits per heavy atom. The van der Waals surface area contributed by atoms with Gasteiger partial charge in [-0.15, -0.1) is 0 Å². The fourth-order valence-electron chi connectivity index (χ4n) is 2.01. The van der Waals surface area contributed by atoms with Crippen LogP contribution in [-0.2, 0) is 18.7 Å². The molecule has 1 aliphatic heterocycles. The Labute approximate surface area is 135 Å². The number of Topliss-reactive ketones (excluding diaryl/α,β-unsaturated/α-hetero) is 1. The molecule has 1 saturated heterocycles. The van der Waals surface area contributed by atoms with Crippen LogP contribution in [-0.4, -0.2) is 50.4 Å². The quantitative estimate of drug-likeness (QED) is 0.726. The van der Waals surface area contributed by atoms with Crippen molar-refractivity contribution in [1.82, 2.24) is 0 Å². The lowest BCUT2D eigenvalue weighted by molar-refractivity contribution is -0.153. The number of aliphatic hydroxyl groups excluding tert-OH is 1. The lowest BCUT2D eigenvalue weighted by Gasteiger charge is -2.36. The van der Waals surface area contributed by atoms with Gasteiger partial charge in [0.25, 0.3) is 0 Å². The molecule has 0 amide bonds. The van der Waals surface area contributed by atoms with Crippen LogP contribution in [0.1, 0.15) is 47.5 Å². The number of carbonyl (C=O) groups excluding carboxylic acids is 1. The first kappa shape index (κ1) is 19.8. The number of aliphatic hydroxyl groups is 1. The minimum Gasteiger partial charge on any atom is -0.416 e. The third-order valence-corrected chi connectivity index (χ3v) is 9.08. The average Bonchev–Trinajstić information content (AvgIpc) is 2.68. The summed E-state index contributed by atoms with van der Waals surface area (Å²) in [5, 5.41) is 10.2. The molecule has 0 saturated carbocycles. The Hall–Kier alpha value is -0.273. The van der Waals surface area contributed by atoms with E-state index in [-0.39, 0.29) is 17.2 Å². The van der Waals surface area contributed by atoms with Crippen LogP contribution in [0.25, 0.3) is 0 Å². The van der Waals surface area contributed by atoms with Crippen LogP contribution in [0, 0.1) is 0 Å². The number of ether oxygens (including phenoxy) is 2. The zero-order chi connectivity index (χ0) is 17.2. The monoisotopic (exact) mass is 332 g/mol. The van der Waals surface area contributed by atoms with Crippen LogP contribution in [0.4, 0.5) is 0 Å². The molecule has 2 atom stereocenters. The fraction of sp³-hybridized carbons (Fsp3) is 0.938. The summed E-state index contributed by atoms with van der Waals surface area (Å²) >= 11 is 0. The van der Waals surface area contributed by atoms with Gasteiger partial charge in [0, 0.05) is 19.4 Å². The van der Waals surface area contributed by atoms with E-state index in [4.69, 9.17) is 13.9 Å². The first-order valence-electron chi connectivity index (χ1n) is 7.99. The molecule has 0 spiro atoms. The van der Waals surface area contributed by atoms with Gasteiger partial charge in [-0.25, -0.2) is 0 Å². The van der Waals surface area contributed by atoms with Gasteiger partial charge in [-0.05, 0) is 32.0 Å². The van der Waals surface area contributed by atoms with Crippen molar-refractivity contribution >= 4 is 14.1 Å². The molecule has 1 heterocycles. The second kappa shape index (κ2) is 7.09. The summed E-state index contributed by atoms with van der Waals surface area (Å²) in [6.45, 7) is 15.2. The van der Waals surface area contributed by atoms with E-state index in [0.29, 0.717) is 19.6 Å². The van der Waals surface area contributed by atoms with Crippen LogP contribution in [0.3, 0.4) is 0 Å². The van der Waals surface area contributed by atoms with Gasteiger partial charge in [0.2, 0.25) is 0 Å². The second-order valence-corrected chi connectivity index (χ2v) is 12.8. The summed E-state index contributed by atoms with van der Waals surface area (Å²) in [5.74, 6) is -0.681. The molecule has 0 aromatic carbocycles. The van der Waals surface area contributed by atoms with E-state index in [1.54, 1.807) is 13.8 Å². The van der Waals surface area contributed by atoms with Crippen LogP contribution in [0.2, 0.25) is 18.1 Å². The maximum atomic E-state index is 12.0. The first-order valence-corrected chi connectivity index (χ1v) is 10.9. The van der Waals surface area contributed by atoms with Gasteiger partial charge in [0.05, 0.1) is 12.7 Å². The molecule has 1 aliphatic rings. The molecule has 130 valence electrons. The fourth-order valence-corrected chi connectivity index (χ4v) is 3.05. The minimum absolute atomic E-state index is 0.000449. The standard InChI is InChI=1S/C16H32O5Si/c1-15(2,3)22(6,7)20-9-8-12(17)10-13(18)14-11-19-16(4,5)21-14/h13-14,18H,8-11H2,1-7H3/t13?,14-/m0/s1. The summed E-state index contributed by atoms with van der Waals surface area (Å²) in [4.78, 5) is 12.0. The smallest absolute Gasteiger partial charge is 0.191 e. The molecule has 0 radical (unpaired) electrons. The molecule has 1 rings (SSSR count). The van der Waals surface area contributed by atoms with Crippen LogP contribution in [0.15, 0.2) is 0 Å². The summed E-state index contributed by atoms with van der Waals surface area (Å²) in [6.07, 6.45) is -0.826. The lowest BCUT2D eigenvalue weighted by Crippen LogP contribution is -2.41. The predicted molar refractivity (Wildman–Crippen MR) is 88.3 cm³/mol. The topological polar surface area (TPSA) is 65.0 Å². The number of hydrogen-bond acceptors (Lipinski definition) is 5. The predicted octanol–water partition coefficient (Wildman–Crippen LogP) is 2.87. The van der Waals surface area contributed by atoms with Gasteiger partial charge < -0.3 is 19.0 Å². The van der Waals surface area contributed by atoms with Crippen molar-refractivity contribution in [1.29, 1.82) is 0 Å². The first-order chi connectivity index (χ1) is 9.84. The molecule has 0 bridgehead atoms. The molecule has 0 aromatic rings. The maximum absolute atomic E-state index is 12.0. The highest BCUT2D eigenvalue weighted by molar-refractivity contribution is 6.74. The molecule has 5 nitrogen and oxygen atoms in total. The third kappa shape index (κ3) is 5.74. The highest BCUT2D eigenvalue weighted by Crippen LogP contribution is 2.36. The van der Waals surface area contributed by atoms with E-state index in [1.807, 2.05) is 0 Å². The van der Waals surface area contributed by atoms with E-state index in [0.717, 1.165) is 0 Å². The molecule has 22 heavy (non-hydrogen) atoms. The number of carbonyl (C=O) groups is 1. The highest BCUT2D eigenvalue weighted by atomic mass is 28.4. The molecule has 1 N–H and O–H groups in total. The summed E-state index contributed by atoms with van der Waals surface area (Å²) in [5.41, 5.74) is 0. The number of rotatable bonds is 7. The third-order valence-electron chi connectivity index (χ3n) is 4.55. The van der Waals surface area contributed by atoms with Gasteiger partial charge >= 0.3 is 0 Å². The van der Waals surface area contributed by atoms with Crippen LogP contribution < -0.4 is 0 Å². The van der Waals surface area contributed by atoms with Crippen molar-refractivity contribution in [2.24, 2.45) is 0 Å². The normalized spacial score (nSPS) is 23.5. The molecule has 1 fully saturated rings. The van der Waals surface area contributed by atoms with E-state index in [9.17, 15) is 9.90 Å². The van der Waals surface area contributed by atoms with E-state index >= 15 is 0 Å². The van der Waals surface area contributed by atoms with E-state index in [1.165, 1.54) is 0 Å². The van der Waals surface area contributed by atoms with Gasteiger partial charge in [-0.2, -0.15) is 0 Å². The Morgan fingerprint density at radius 1 is 1.41 bits per heavy atom. The summed E-state index contributed by atoms with van der Waals surface area (Å²) in [7, 11) is -1.82. The molecular weight excluding hydrogens is 300 g/mol. The van der Waals surface area contributed by atoms with Gasteiger partial charge in [-0.3, -0.25) is 4.79 Å². The molecule has 6 heteroatoms. The molecule has 1 unspecified atom stereocenters.